The van der Waals surface area contributed by atoms with E-state index in [0.29, 0.717) is 11.6 Å². The maximum Gasteiger partial charge on any atom is 0.248 e. The van der Waals surface area contributed by atoms with Gasteiger partial charge in [0.05, 0.1) is 11.9 Å². The van der Waals surface area contributed by atoms with Gasteiger partial charge in [0, 0.05) is 19.4 Å². The van der Waals surface area contributed by atoms with Crippen molar-refractivity contribution in [3.8, 4) is 17.3 Å². The summed E-state index contributed by atoms with van der Waals surface area (Å²) in [4.78, 5) is 8.36. The molecule has 0 spiro atoms. The molecule has 0 aliphatic heterocycles. The van der Waals surface area contributed by atoms with E-state index in [-0.39, 0.29) is 0 Å². The van der Waals surface area contributed by atoms with Crippen LogP contribution >= 0.6 is 0 Å². The normalized spacial score (nSPS) is 11.0. The zero-order valence-electron chi connectivity index (χ0n) is 11.8. The molecule has 22 heavy (non-hydrogen) atoms. The molecule has 0 saturated carbocycles. The Morgan fingerprint density at radius 3 is 2.68 bits per heavy atom. The SMILES string of the molecule is Cn1ncc2ncnc(Oc3ccc(-n4cccn4)cc3)c21. The Balaban J connectivity index is 1.67. The molecule has 3 heterocycles. The molecule has 1 aromatic carbocycles. The Morgan fingerprint density at radius 1 is 1.05 bits per heavy atom. The molecule has 3 aromatic heterocycles. The van der Waals surface area contributed by atoms with E-state index in [1.165, 1.54) is 6.33 Å². The topological polar surface area (TPSA) is 70.7 Å². The summed E-state index contributed by atoms with van der Waals surface area (Å²) in [6.45, 7) is 0. The van der Waals surface area contributed by atoms with E-state index in [1.807, 2.05) is 43.6 Å². The van der Waals surface area contributed by atoms with Gasteiger partial charge in [-0.15, -0.1) is 0 Å². The van der Waals surface area contributed by atoms with E-state index in [4.69, 9.17) is 4.74 Å². The van der Waals surface area contributed by atoms with Crippen molar-refractivity contribution in [2.24, 2.45) is 7.05 Å². The molecule has 7 nitrogen and oxygen atoms in total. The second-order valence-electron chi connectivity index (χ2n) is 4.73. The third kappa shape index (κ3) is 2.08. The lowest BCUT2D eigenvalue weighted by Crippen LogP contribution is -1.97. The van der Waals surface area contributed by atoms with E-state index in [1.54, 1.807) is 21.8 Å². The second kappa shape index (κ2) is 4.96. The zero-order valence-corrected chi connectivity index (χ0v) is 11.8. The van der Waals surface area contributed by atoms with Gasteiger partial charge in [0.1, 0.15) is 23.1 Å². The van der Waals surface area contributed by atoms with E-state index in [2.05, 4.69) is 20.2 Å². The van der Waals surface area contributed by atoms with Gasteiger partial charge < -0.3 is 4.74 Å². The van der Waals surface area contributed by atoms with Crippen molar-refractivity contribution in [2.75, 3.05) is 0 Å². The minimum absolute atomic E-state index is 0.483. The van der Waals surface area contributed by atoms with Gasteiger partial charge in [-0.3, -0.25) is 4.68 Å². The number of hydrogen-bond acceptors (Lipinski definition) is 5. The monoisotopic (exact) mass is 292 g/mol. The van der Waals surface area contributed by atoms with Crippen LogP contribution in [0.2, 0.25) is 0 Å². The van der Waals surface area contributed by atoms with Crippen LogP contribution in [-0.4, -0.2) is 29.5 Å². The molecule has 0 aliphatic carbocycles. The van der Waals surface area contributed by atoms with E-state index >= 15 is 0 Å². The first kappa shape index (κ1) is 12.5. The van der Waals surface area contributed by atoms with Gasteiger partial charge in [-0.2, -0.15) is 15.2 Å². The summed E-state index contributed by atoms with van der Waals surface area (Å²) in [5.41, 5.74) is 2.48. The summed E-state index contributed by atoms with van der Waals surface area (Å²) in [5, 5.41) is 8.36. The quantitative estimate of drug-likeness (QED) is 0.579. The van der Waals surface area contributed by atoms with Gasteiger partial charge in [0.25, 0.3) is 0 Å². The minimum Gasteiger partial charge on any atom is -0.437 e. The van der Waals surface area contributed by atoms with Crippen LogP contribution in [0.3, 0.4) is 0 Å². The van der Waals surface area contributed by atoms with Gasteiger partial charge in [-0.1, -0.05) is 0 Å². The molecule has 4 aromatic rings. The summed E-state index contributed by atoms with van der Waals surface area (Å²) in [6, 6.07) is 9.50. The maximum absolute atomic E-state index is 5.86. The molecule has 0 unspecified atom stereocenters. The fourth-order valence-electron chi connectivity index (χ4n) is 2.25. The number of aryl methyl sites for hydroxylation is 1. The molecular formula is C15H12N6O. The molecule has 0 fully saturated rings. The summed E-state index contributed by atoms with van der Waals surface area (Å²) < 4.78 is 9.34. The Labute approximate surface area is 125 Å². The molecule has 0 radical (unpaired) electrons. The highest BCUT2D eigenvalue weighted by Crippen LogP contribution is 2.26. The number of hydrogen-bond donors (Lipinski definition) is 0. The molecule has 0 aliphatic rings. The van der Waals surface area contributed by atoms with Gasteiger partial charge >= 0.3 is 0 Å². The molecule has 0 atom stereocenters. The highest BCUT2D eigenvalue weighted by atomic mass is 16.5. The van der Waals surface area contributed by atoms with Crippen LogP contribution in [0.5, 0.6) is 11.6 Å². The van der Waals surface area contributed by atoms with Crippen molar-refractivity contribution in [2.45, 2.75) is 0 Å². The van der Waals surface area contributed by atoms with Crippen molar-refractivity contribution in [3.05, 3.63) is 55.2 Å². The average Bonchev–Trinajstić information content (AvgIpc) is 3.19. The number of benzene rings is 1. The smallest absolute Gasteiger partial charge is 0.248 e. The molecule has 0 bridgehead atoms. The first-order valence-electron chi connectivity index (χ1n) is 6.72. The summed E-state index contributed by atoms with van der Waals surface area (Å²) in [6.07, 6.45) is 6.78. The van der Waals surface area contributed by atoms with Gasteiger partial charge in [0.15, 0.2) is 0 Å². The van der Waals surface area contributed by atoms with Gasteiger partial charge in [-0.05, 0) is 30.3 Å². The largest absolute Gasteiger partial charge is 0.437 e. The van der Waals surface area contributed by atoms with Gasteiger partial charge in [-0.25, -0.2) is 9.67 Å². The Hall–Kier alpha value is -3.22. The number of fused-ring (bicyclic) bond motifs is 1. The van der Waals surface area contributed by atoms with E-state index in [9.17, 15) is 0 Å². The van der Waals surface area contributed by atoms with Crippen LogP contribution in [0, 0.1) is 0 Å². The molecule has 0 amide bonds. The van der Waals surface area contributed by atoms with Crippen molar-refractivity contribution in [1.82, 2.24) is 29.5 Å². The highest BCUT2D eigenvalue weighted by molar-refractivity contribution is 5.79. The summed E-state index contributed by atoms with van der Waals surface area (Å²) >= 11 is 0. The van der Waals surface area contributed by atoms with Crippen LogP contribution in [-0.2, 0) is 7.05 Å². The van der Waals surface area contributed by atoms with Crippen molar-refractivity contribution < 1.29 is 4.74 Å². The third-order valence-corrected chi connectivity index (χ3v) is 3.31. The van der Waals surface area contributed by atoms with Crippen LogP contribution in [0.15, 0.2) is 55.2 Å². The lowest BCUT2D eigenvalue weighted by molar-refractivity contribution is 0.464. The van der Waals surface area contributed by atoms with Crippen molar-refractivity contribution >= 4 is 11.0 Å². The standard InChI is InChI=1S/C15H12N6O/c1-20-14-13(9-19-20)16-10-17-15(14)22-12-5-3-11(4-6-12)21-8-2-7-18-21/h2-10H,1H3. The highest BCUT2D eigenvalue weighted by Gasteiger charge is 2.10. The predicted octanol–water partition coefficient (Wildman–Crippen LogP) is 2.34. The summed E-state index contributed by atoms with van der Waals surface area (Å²) in [5.74, 6) is 1.17. The lowest BCUT2D eigenvalue weighted by atomic mass is 10.3. The third-order valence-electron chi connectivity index (χ3n) is 3.31. The van der Waals surface area contributed by atoms with Crippen LogP contribution < -0.4 is 4.74 Å². The van der Waals surface area contributed by atoms with Gasteiger partial charge in [0.2, 0.25) is 5.88 Å². The van der Waals surface area contributed by atoms with Crippen LogP contribution in [0.1, 0.15) is 0 Å². The Kier molecular flexibility index (Phi) is 2.82. The maximum atomic E-state index is 5.86. The van der Waals surface area contributed by atoms with E-state index < -0.39 is 0 Å². The number of nitrogens with zero attached hydrogens (tertiary/aromatic N) is 6. The molecule has 4 rings (SSSR count). The minimum atomic E-state index is 0.483. The number of rotatable bonds is 3. The Morgan fingerprint density at radius 2 is 1.91 bits per heavy atom. The van der Waals surface area contributed by atoms with Crippen molar-refractivity contribution in [3.63, 3.8) is 0 Å². The molecule has 7 heteroatoms. The molecule has 0 saturated heterocycles. The predicted molar refractivity (Wildman–Crippen MR) is 79.9 cm³/mol. The fourth-order valence-corrected chi connectivity index (χ4v) is 2.25. The number of aromatic nitrogens is 6. The molecule has 0 N–H and O–H groups in total. The Bertz CT molecular complexity index is 911. The first-order chi connectivity index (χ1) is 10.8. The van der Waals surface area contributed by atoms with Crippen LogP contribution in [0.25, 0.3) is 16.7 Å². The van der Waals surface area contributed by atoms with Crippen molar-refractivity contribution in [1.29, 1.82) is 0 Å². The van der Waals surface area contributed by atoms with E-state index in [0.717, 1.165) is 16.7 Å². The second-order valence-corrected chi connectivity index (χ2v) is 4.73. The molecular weight excluding hydrogens is 280 g/mol. The molecule has 108 valence electrons. The summed E-state index contributed by atoms with van der Waals surface area (Å²) in [7, 11) is 1.83. The fraction of sp³-hybridized carbons (Fsp3) is 0.0667. The zero-order chi connectivity index (χ0) is 14.9. The first-order valence-corrected chi connectivity index (χ1v) is 6.72. The average molecular weight is 292 g/mol. The lowest BCUT2D eigenvalue weighted by Gasteiger charge is -2.07. The number of ether oxygens (including phenoxy) is 1. The van der Waals surface area contributed by atoms with Crippen LogP contribution in [0.4, 0.5) is 0 Å².